The van der Waals surface area contributed by atoms with Crippen LogP contribution < -0.4 is 20.3 Å². The monoisotopic (exact) mass is 520 g/mol. The van der Waals surface area contributed by atoms with Gasteiger partial charge in [0.05, 0.1) is 13.2 Å². The van der Waals surface area contributed by atoms with Crippen LogP contribution >= 0.6 is 0 Å². The van der Waals surface area contributed by atoms with Crippen molar-refractivity contribution in [3.63, 3.8) is 0 Å². The van der Waals surface area contributed by atoms with Crippen LogP contribution in [-0.4, -0.2) is 82.2 Å². The first-order valence-electron chi connectivity index (χ1n) is 13.0. The smallest absolute Gasteiger partial charge is 0.317 e. The largest absolute Gasteiger partial charge is 0.497 e. The molecule has 11 heteroatoms. The van der Waals surface area contributed by atoms with Crippen molar-refractivity contribution in [3.05, 3.63) is 60.3 Å². The van der Waals surface area contributed by atoms with Gasteiger partial charge in [-0.05, 0) is 37.5 Å². The number of nitrogens with one attached hydrogen (secondary N) is 2. The van der Waals surface area contributed by atoms with Crippen LogP contribution in [0.25, 0.3) is 5.95 Å². The Morgan fingerprint density at radius 1 is 1.13 bits per heavy atom. The van der Waals surface area contributed by atoms with Gasteiger partial charge in [-0.1, -0.05) is 19.1 Å². The first-order valence-corrected chi connectivity index (χ1v) is 13.0. The van der Waals surface area contributed by atoms with Gasteiger partial charge in [-0.25, -0.2) is 14.8 Å². The molecule has 4 rings (SSSR count). The molecule has 38 heavy (non-hydrogen) atoms. The molecule has 1 atom stereocenters. The van der Waals surface area contributed by atoms with Crippen LogP contribution in [0.5, 0.6) is 5.75 Å². The summed E-state index contributed by atoms with van der Waals surface area (Å²) in [5.41, 5.74) is 2.02. The lowest BCUT2D eigenvalue weighted by Crippen LogP contribution is -2.58. The average molecular weight is 521 g/mol. The molecule has 3 heterocycles. The number of aryl methyl sites for hydroxylation is 1. The molecule has 3 aromatic rings. The van der Waals surface area contributed by atoms with Gasteiger partial charge in [-0.15, -0.1) is 0 Å². The lowest BCUT2D eigenvalue weighted by atomic mass is 10.1. The van der Waals surface area contributed by atoms with Crippen LogP contribution in [-0.2, 0) is 11.2 Å². The summed E-state index contributed by atoms with van der Waals surface area (Å²) < 4.78 is 6.95. The number of methoxy groups -OCH3 is 1. The number of amides is 3. The number of aromatic nitrogens is 4. The second-order valence-corrected chi connectivity index (χ2v) is 9.32. The Morgan fingerprint density at radius 3 is 2.66 bits per heavy atom. The second-order valence-electron chi connectivity index (χ2n) is 9.32. The summed E-state index contributed by atoms with van der Waals surface area (Å²) in [6, 6.07) is 7.48. The normalized spacial score (nSPS) is 15.3. The average Bonchev–Trinajstić information content (AvgIpc) is 3.48. The zero-order valence-corrected chi connectivity index (χ0v) is 22.3. The summed E-state index contributed by atoms with van der Waals surface area (Å²) in [5, 5.41) is 6.00. The highest BCUT2D eigenvalue weighted by Crippen LogP contribution is 2.25. The SMILES string of the molecule is CCCNC(=O)N1CCN(c2nc(-n3ccnc3)ncc2C)C(CC(=O)NCCc2ccc(OC)cc2)C1. The van der Waals surface area contributed by atoms with Crippen LogP contribution in [0.1, 0.15) is 30.9 Å². The predicted octanol–water partition coefficient (Wildman–Crippen LogP) is 2.34. The van der Waals surface area contributed by atoms with Gasteiger partial charge >= 0.3 is 6.03 Å². The van der Waals surface area contributed by atoms with E-state index in [1.807, 2.05) is 38.1 Å². The standard InChI is InChI=1S/C27H36N8O3/c1-4-10-30-27(37)33-14-15-35(25-20(2)17-31-26(32-25)34-13-12-28-19-34)22(18-33)16-24(36)29-11-9-21-5-7-23(38-3)8-6-21/h5-8,12-13,17,19,22H,4,9-11,14-16,18H2,1-3H3,(H,29,36)(H,30,37). The van der Waals surface area contributed by atoms with E-state index in [0.29, 0.717) is 38.7 Å². The number of benzene rings is 1. The van der Waals surface area contributed by atoms with Gasteiger partial charge in [0.2, 0.25) is 11.9 Å². The molecule has 0 saturated carbocycles. The lowest BCUT2D eigenvalue weighted by molar-refractivity contribution is -0.121. The van der Waals surface area contributed by atoms with Crippen molar-refractivity contribution in [2.24, 2.45) is 0 Å². The molecule has 2 aromatic heterocycles. The van der Waals surface area contributed by atoms with Gasteiger partial charge in [-0.2, -0.15) is 4.98 Å². The van der Waals surface area contributed by atoms with Crippen molar-refractivity contribution in [3.8, 4) is 11.7 Å². The quantitative estimate of drug-likeness (QED) is 0.421. The molecule has 0 bridgehead atoms. The van der Waals surface area contributed by atoms with Crippen LogP contribution in [0, 0.1) is 6.92 Å². The minimum Gasteiger partial charge on any atom is -0.497 e. The molecule has 202 valence electrons. The summed E-state index contributed by atoms with van der Waals surface area (Å²) >= 11 is 0. The number of urea groups is 1. The van der Waals surface area contributed by atoms with E-state index in [0.717, 1.165) is 35.5 Å². The molecule has 0 spiro atoms. The van der Waals surface area contributed by atoms with Gasteiger partial charge in [0.15, 0.2) is 0 Å². The number of hydrogen-bond donors (Lipinski definition) is 2. The Balaban J connectivity index is 1.46. The van der Waals surface area contributed by atoms with E-state index in [1.54, 1.807) is 41.5 Å². The number of anilines is 1. The third kappa shape index (κ3) is 6.78. The Labute approximate surface area is 223 Å². The zero-order chi connectivity index (χ0) is 26.9. The fraction of sp³-hybridized carbons (Fsp3) is 0.444. The number of piperazine rings is 1. The van der Waals surface area contributed by atoms with Crippen LogP contribution in [0.15, 0.2) is 49.2 Å². The molecule has 1 fully saturated rings. The topological polar surface area (TPSA) is 118 Å². The highest BCUT2D eigenvalue weighted by molar-refractivity contribution is 5.78. The summed E-state index contributed by atoms with van der Waals surface area (Å²) in [5.74, 6) is 2.01. The van der Waals surface area contributed by atoms with E-state index in [4.69, 9.17) is 9.72 Å². The minimum atomic E-state index is -0.235. The molecule has 1 aromatic carbocycles. The number of rotatable bonds is 10. The van der Waals surface area contributed by atoms with Gasteiger partial charge in [-0.3, -0.25) is 9.36 Å². The third-order valence-corrected chi connectivity index (χ3v) is 6.55. The van der Waals surface area contributed by atoms with Crippen LogP contribution in [0.2, 0.25) is 0 Å². The molecule has 1 unspecified atom stereocenters. The van der Waals surface area contributed by atoms with Crippen molar-refractivity contribution in [2.45, 2.75) is 39.2 Å². The molecular weight excluding hydrogens is 484 g/mol. The Kier molecular flexibility index (Phi) is 9.12. The van der Waals surface area contributed by atoms with Crippen LogP contribution in [0.3, 0.4) is 0 Å². The van der Waals surface area contributed by atoms with Crippen molar-refractivity contribution < 1.29 is 14.3 Å². The summed E-state index contributed by atoms with van der Waals surface area (Å²) in [4.78, 5) is 43.0. The number of carbonyl (C=O) groups excluding carboxylic acids is 2. The highest BCUT2D eigenvalue weighted by atomic mass is 16.5. The highest BCUT2D eigenvalue weighted by Gasteiger charge is 2.33. The van der Waals surface area contributed by atoms with E-state index in [2.05, 4.69) is 25.5 Å². The summed E-state index contributed by atoms with van der Waals surface area (Å²) in [6.07, 6.45) is 8.72. The molecule has 1 aliphatic rings. The van der Waals surface area contributed by atoms with Crippen molar-refractivity contribution in [1.29, 1.82) is 0 Å². The fourth-order valence-corrected chi connectivity index (χ4v) is 4.48. The van der Waals surface area contributed by atoms with Gasteiger partial charge in [0, 0.05) is 63.3 Å². The Morgan fingerprint density at radius 2 is 1.95 bits per heavy atom. The predicted molar refractivity (Wildman–Crippen MR) is 145 cm³/mol. The van der Waals surface area contributed by atoms with Crippen molar-refractivity contribution >= 4 is 17.8 Å². The molecule has 0 aliphatic carbocycles. The number of ether oxygens (including phenoxy) is 1. The summed E-state index contributed by atoms with van der Waals surface area (Å²) in [7, 11) is 1.64. The van der Waals surface area contributed by atoms with Crippen molar-refractivity contribution in [1.82, 2.24) is 35.1 Å². The first-order chi connectivity index (χ1) is 18.5. The maximum atomic E-state index is 13.0. The number of imidazole rings is 1. The zero-order valence-electron chi connectivity index (χ0n) is 22.3. The maximum absolute atomic E-state index is 13.0. The molecule has 1 aliphatic heterocycles. The fourth-order valence-electron chi connectivity index (χ4n) is 4.48. The molecule has 2 N–H and O–H groups in total. The van der Waals surface area contributed by atoms with Crippen molar-refractivity contribution in [2.75, 3.05) is 44.7 Å². The van der Waals surface area contributed by atoms with Gasteiger partial charge in [0.1, 0.15) is 17.9 Å². The first kappa shape index (κ1) is 26.9. The second kappa shape index (κ2) is 12.9. The van der Waals surface area contributed by atoms with E-state index >= 15 is 0 Å². The number of nitrogens with zero attached hydrogens (tertiary/aromatic N) is 6. The van der Waals surface area contributed by atoms with E-state index in [-0.39, 0.29) is 24.4 Å². The number of hydrogen-bond acceptors (Lipinski definition) is 7. The molecule has 0 radical (unpaired) electrons. The molecular formula is C27H36N8O3. The molecule has 3 amide bonds. The van der Waals surface area contributed by atoms with Gasteiger partial charge in [0.25, 0.3) is 0 Å². The number of carbonyl (C=O) groups is 2. The third-order valence-electron chi connectivity index (χ3n) is 6.55. The summed E-state index contributed by atoms with van der Waals surface area (Å²) in [6.45, 7) is 6.64. The molecule has 11 nitrogen and oxygen atoms in total. The maximum Gasteiger partial charge on any atom is 0.317 e. The minimum absolute atomic E-state index is 0.0640. The van der Waals surface area contributed by atoms with E-state index in [9.17, 15) is 9.59 Å². The van der Waals surface area contributed by atoms with Gasteiger partial charge < -0.3 is 25.2 Å². The lowest BCUT2D eigenvalue weighted by Gasteiger charge is -2.42. The van der Waals surface area contributed by atoms with Crippen LogP contribution in [0.4, 0.5) is 10.6 Å². The van der Waals surface area contributed by atoms with E-state index in [1.165, 1.54) is 0 Å². The van der Waals surface area contributed by atoms with E-state index < -0.39 is 0 Å². The molecule has 1 saturated heterocycles. The Hall–Kier alpha value is -4.15. The Bertz CT molecular complexity index is 1200.